The number of rotatable bonds is 4. The summed E-state index contributed by atoms with van der Waals surface area (Å²) in [4.78, 5) is 19.9. The van der Waals surface area contributed by atoms with Crippen molar-refractivity contribution < 1.29 is 9.53 Å². The molecule has 2 heterocycles. The molecule has 0 aliphatic rings. The maximum atomic E-state index is 11.8. The topological polar surface area (TPSA) is 108 Å². The SMILES string of the molecule is CCNc1nn(-c2cc(C)ncn2)c(N)c1C(=O)OC. The summed E-state index contributed by atoms with van der Waals surface area (Å²) in [7, 11) is 1.30. The van der Waals surface area contributed by atoms with Gasteiger partial charge in [-0.1, -0.05) is 0 Å². The van der Waals surface area contributed by atoms with E-state index in [1.165, 1.54) is 18.1 Å². The second-order valence-corrected chi connectivity index (χ2v) is 4.06. The van der Waals surface area contributed by atoms with Crippen LogP contribution in [-0.2, 0) is 4.74 Å². The molecule has 2 rings (SSSR count). The third-order valence-electron chi connectivity index (χ3n) is 2.66. The molecule has 0 amide bonds. The molecule has 0 saturated heterocycles. The van der Waals surface area contributed by atoms with Crippen molar-refractivity contribution in [3.8, 4) is 5.82 Å². The number of esters is 1. The summed E-state index contributed by atoms with van der Waals surface area (Å²) in [6, 6.07) is 1.72. The molecule has 0 spiro atoms. The Kier molecular flexibility index (Phi) is 3.83. The number of methoxy groups -OCH3 is 1. The van der Waals surface area contributed by atoms with Crippen LogP contribution in [0, 0.1) is 6.92 Å². The van der Waals surface area contributed by atoms with Gasteiger partial charge in [-0.2, -0.15) is 4.68 Å². The smallest absolute Gasteiger partial charge is 0.345 e. The van der Waals surface area contributed by atoms with E-state index >= 15 is 0 Å². The van der Waals surface area contributed by atoms with Crippen molar-refractivity contribution in [1.29, 1.82) is 0 Å². The van der Waals surface area contributed by atoms with Gasteiger partial charge in [0, 0.05) is 18.3 Å². The summed E-state index contributed by atoms with van der Waals surface area (Å²) in [5.41, 5.74) is 6.96. The summed E-state index contributed by atoms with van der Waals surface area (Å²) in [6.45, 7) is 4.33. The molecule has 0 unspecified atom stereocenters. The van der Waals surface area contributed by atoms with E-state index in [-0.39, 0.29) is 11.4 Å². The van der Waals surface area contributed by atoms with E-state index in [1.807, 2.05) is 13.8 Å². The number of aromatic nitrogens is 4. The van der Waals surface area contributed by atoms with E-state index in [0.717, 1.165) is 5.69 Å². The van der Waals surface area contributed by atoms with Crippen LogP contribution in [-0.4, -0.2) is 39.4 Å². The number of nitrogens with zero attached hydrogens (tertiary/aromatic N) is 4. The molecule has 20 heavy (non-hydrogen) atoms. The number of nitrogens with two attached hydrogens (primary N) is 1. The van der Waals surface area contributed by atoms with Gasteiger partial charge in [-0.05, 0) is 13.8 Å². The summed E-state index contributed by atoms with van der Waals surface area (Å²) < 4.78 is 6.12. The number of anilines is 2. The lowest BCUT2D eigenvalue weighted by Crippen LogP contribution is -2.09. The summed E-state index contributed by atoms with van der Waals surface area (Å²) in [6.07, 6.45) is 1.41. The Hall–Kier alpha value is -2.64. The van der Waals surface area contributed by atoms with Crippen LogP contribution in [0.1, 0.15) is 23.0 Å². The Bertz CT molecular complexity index is 637. The van der Waals surface area contributed by atoms with Gasteiger partial charge in [0.1, 0.15) is 17.7 Å². The second kappa shape index (κ2) is 5.55. The lowest BCUT2D eigenvalue weighted by Gasteiger charge is -2.03. The zero-order valence-corrected chi connectivity index (χ0v) is 11.5. The van der Waals surface area contributed by atoms with Crippen molar-refractivity contribution in [2.24, 2.45) is 0 Å². The molecule has 0 fully saturated rings. The molecule has 2 aromatic heterocycles. The first-order valence-electron chi connectivity index (χ1n) is 6.08. The first kappa shape index (κ1) is 13.8. The predicted molar refractivity (Wildman–Crippen MR) is 73.8 cm³/mol. The third kappa shape index (κ3) is 2.40. The normalized spacial score (nSPS) is 10.3. The highest BCUT2D eigenvalue weighted by Crippen LogP contribution is 2.25. The Morgan fingerprint density at radius 2 is 2.25 bits per heavy atom. The standard InChI is InChI=1S/C12H16N6O2/c1-4-14-11-9(12(19)20-3)10(13)18(17-11)8-5-7(2)15-6-16-8/h5-6H,4,13H2,1-3H3,(H,14,17). The summed E-state index contributed by atoms with van der Waals surface area (Å²) >= 11 is 0. The van der Waals surface area contributed by atoms with Crippen molar-refractivity contribution in [2.75, 3.05) is 24.7 Å². The Morgan fingerprint density at radius 1 is 1.50 bits per heavy atom. The number of hydrogen-bond donors (Lipinski definition) is 2. The largest absolute Gasteiger partial charge is 0.465 e. The number of hydrogen-bond acceptors (Lipinski definition) is 7. The first-order valence-corrected chi connectivity index (χ1v) is 6.08. The number of ether oxygens (including phenoxy) is 1. The van der Waals surface area contributed by atoms with Crippen molar-refractivity contribution >= 4 is 17.6 Å². The fourth-order valence-corrected chi connectivity index (χ4v) is 1.76. The fourth-order valence-electron chi connectivity index (χ4n) is 1.76. The van der Waals surface area contributed by atoms with Crippen molar-refractivity contribution in [3.05, 3.63) is 23.7 Å². The first-order chi connectivity index (χ1) is 9.58. The van der Waals surface area contributed by atoms with Crippen molar-refractivity contribution in [1.82, 2.24) is 19.7 Å². The van der Waals surface area contributed by atoms with E-state index < -0.39 is 5.97 Å². The summed E-state index contributed by atoms with van der Waals surface area (Å²) in [5, 5.41) is 7.25. The maximum Gasteiger partial charge on any atom is 0.345 e. The van der Waals surface area contributed by atoms with Crippen LogP contribution >= 0.6 is 0 Å². The number of carbonyl (C=O) groups is 1. The molecular formula is C12H16N6O2. The Labute approximate surface area is 116 Å². The number of nitrogen functional groups attached to an aromatic ring is 1. The summed E-state index contributed by atoms with van der Waals surface area (Å²) in [5.74, 6) is 0.485. The van der Waals surface area contributed by atoms with Gasteiger partial charge in [0.15, 0.2) is 11.6 Å². The quantitative estimate of drug-likeness (QED) is 0.794. The number of carbonyl (C=O) groups excluding carboxylic acids is 1. The molecule has 2 aromatic rings. The van der Waals surface area contributed by atoms with Crippen LogP contribution in [0.4, 0.5) is 11.6 Å². The fraction of sp³-hybridized carbons (Fsp3) is 0.333. The van der Waals surface area contributed by atoms with Crippen LogP contribution in [0.5, 0.6) is 0 Å². The van der Waals surface area contributed by atoms with Gasteiger partial charge in [0.2, 0.25) is 0 Å². The molecule has 106 valence electrons. The average Bonchev–Trinajstić information content (AvgIpc) is 2.75. The predicted octanol–water partition coefficient (Wildman–Crippen LogP) is 0.771. The minimum atomic E-state index is -0.546. The molecule has 0 aliphatic carbocycles. The highest BCUT2D eigenvalue weighted by Gasteiger charge is 2.23. The monoisotopic (exact) mass is 276 g/mol. The van der Waals surface area contributed by atoms with Gasteiger partial charge in [-0.25, -0.2) is 14.8 Å². The van der Waals surface area contributed by atoms with Gasteiger partial charge < -0.3 is 15.8 Å². The van der Waals surface area contributed by atoms with Crippen LogP contribution in [0.25, 0.3) is 5.82 Å². The lowest BCUT2D eigenvalue weighted by molar-refractivity contribution is 0.0603. The molecule has 8 nitrogen and oxygen atoms in total. The van der Waals surface area contributed by atoms with Crippen LogP contribution in [0.3, 0.4) is 0 Å². The molecular weight excluding hydrogens is 260 g/mol. The van der Waals surface area contributed by atoms with Crippen LogP contribution in [0.15, 0.2) is 12.4 Å². The Morgan fingerprint density at radius 3 is 2.85 bits per heavy atom. The van der Waals surface area contributed by atoms with Gasteiger partial charge in [0.25, 0.3) is 0 Å². The Balaban J connectivity index is 2.58. The molecule has 3 N–H and O–H groups in total. The molecule has 0 radical (unpaired) electrons. The lowest BCUT2D eigenvalue weighted by atomic mass is 10.3. The van der Waals surface area contributed by atoms with Crippen molar-refractivity contribution in [3.63, 3.8) is 0 Å². The molecule has 0 bridgehead atoms. The zero-order valence-electron chi connectivity index (χ0n) is 11.5. The van der Waals surface area contributed by atoms with Gasteiger partial charge >= 0.3 is 5.97 Å². The molecule has 0 aliphatic heterocycles. The van der Waals surface area contributed by atoms with Crippen LogP contribution in [0.2, 0.25) is 0 Å². The zero-order chi connectivity index (χ0) is 14.7. The minimum absolute atomic E-state index is 0.172. The highest BCUT2D eigenvalue weighted by molar-refractivity contribution is 5.99. The highest BCUT2D eigenvalue weighted by atomic mass is 16.5. The van der Waals surface area contributed by atoms with E-state index in [2.05, 4.69) is 20.4 Å². The van der Waals surface area contributed by atoms with E-state index in [0.29, 0.717) is 18.2 Å². The third-order valence-corrected chi connectivity index (χ3v) is 2.66. The average molecular weight is 276 g/mol. The van der Waals surface area contributed by atoms with Gasteiger partial charge in [0.05, 0.1) is 7.11 Å². The minimum Gasteiger partial charge on any atom is -0.465 e. The maximum absolute atomic E-state index is 11.8. The van der Waals surface area contributed by atoms with Crippen LogP contribution < -0.4 is 11.1 Å². The molecule has 0 saturated carbocycles. The molecule has 0 atom stereocenters. The number of aryl methyl sites for hydroxylation is 1. The second-order valence-electron chi connectivity index (χ2n) is 4.06. The molecule has 0 aromatic carbocycles. The van der Waals surface area contributed by atoms with Crippen molar-refractivity contribution in [2.45, 2.75) is 13.8 Å². The van der Waals surface area contributed by atoms with Gasteiger partial charge in [-0.3, -0.25) is 0 Å². The van der Waals surface area contributed by atoms with E-state index in [4.69, 9.17) is 10.5 Å². The number of nitrogens with one attached hydrogen (secondary N) is 1. The van der Waals surface area contributed by atoms with Gasteiger partial charge in [-0.15, -0.1) is 5.10 Å². The van der Waals surface area contributed by atoms with E-state index in [9.17, 15) is 4.79 Å². The molecule has 8 heteroatoms. The van der Waals surface area contributed by atoms with E-state index in [1.54, 1.807) is 6.07 Å².